The molecule has 0 radical (unpaired) electrons. The van der Waals surface area contributed by atoms with E-state index in [9.17, 15) is 4.79 Å². The van der Waals surface area contributed by atoms with Crippen LogP contribution in [-0.2, 0) is 7.05 Å². The van der Waals surface area contributed by atoms with Gasteiger partial charge in [0.25, 0.3) is 5.91 Å². The van der Waals surface area contributed by atoms with E-state index in [0.717, 1.165) is 30.2 Å². The van der Waals surface area contributed by atoms with Gasteiger partial charge in [-0.3, -0.25) is 9.48 Å². The molecule has 6 nitrogen and oxygen atoms in total. The highest BCUT2D eigenvalue weighted by Gasteiger charge is 2.12. The number of amides is 1. The Morgan fingerprint density at radius 3 is 2.62 bits per heavy atom. The number of nitrogens with zero attached hydrogens (tertiary/aromatic N) is 3. The number of hydrogen-bond acceptors (Lipinski definition) is 4. The third kappa shape index (κ3) is 5.54. The third-order valence-electron chi connectivity index (χ3n) is 3.50. The first-order valence-electron chi connectivity index (χ1n) is 7.77. The minimum atomic E-state index is -0.0641. The molecule has 24 heavy (non-hydrogen) atoms. The Morgan fingerprint density at radius 2 is 2.00 bits per heavy atom. The van der Waals surface area contributed by atoms with Crippen molar-refractivity contribution in [1.29, 1.82) is 0 Å². The van der Waals surface area contributed by atoms with Gasteiger partial charge in [-0.1, -0.05) is 12.1 Å². The van der Waals surface area contributed by atoms with Crippen LogP contribution in [0.3, 0.4) is 0 Å². The summed E-state index contributed by atoms with van der Waals surface area (Å²) >= 11 is 0. The van der Waals surface area contributed by atoms with E-state index in [0.29, 0.717) is 12.1 Å². The molecule has 0 saturated heterocycles. The van der Waals surface area contributed by atoms with E-state index >= 15 is 0 Å². The molecule has 1 aromatic heterocycles. The average Bonchev–Trinajstić information content (AvgIpc) is 2.81. The zero-order valence-electron chi connectivity index (χ0n) is 14.7. The average molecular weight is 352 g/mol. The van der Waals surface area contributed by atoms with Crippen molar-refractivity contribution in [3.63, 3.8) is 0 Å². The van der Waals surface area contributed by atoms with Crippen LogP contribution in [0.4, 0.5) is 11.5 Å². The van der Waals surface area contributed by atoms with Crippen LogP contribution in [0.15, 0.2) is 30.3 Å². The number of carbonyl (C=O) groups excluding carboxylic acids is 1. The van der Waals surface area contributed by atoms with Crippen LogP contribution in [0.5, 0.6) is 0 Å². The summed E-state index contributed by atoms with van der Waals surface area (Å²) in [5.74, 6) is 0.793. The minimum Gasteiger partial charge on any atom is -0.352 e. The van der Waals surface area contributed by atoms with E-state index in [1.165, 1.54) is 0 Å². The van der Waals surface area contributed by atoms with Crippen molar-refractivity contribution in [2.45, 2.75) is 13.3 Å². The van der Waals surface area contributed by atoms with Crippen LogP contribution in [0, 0.1) is 6.92 Å². The molecule has 0 aliphatic carbocycles. The second-order valence-corrected chi connectivity index (χ2v) is 5.88. The van der Waals surface area contributed by atoms with Crippen LogP contribution in [0.2, 0.25) is 0 Å². The van der Waals surface area contributed by atoms with Gasteiger partial charge in [-0.2, -0.15) is 5.10 Å². The van der Waals surface area contributed by atoms with Crippen molar-refractivity contribution in [2.24, 2.45) is 7.05 Å². The van der Waals surface area contributed by atoms with Crippen LogP contribution in [0.25, 0.3) is 0 Å². The van der Waals surface area contributed by atoms with E-state index in [4.69, 9.17) is 0 Å². The zero-order chi connectivity index (χ0) is 16.8. The predicted molar refractivity (Wildman–Crippen MR) is 100 cm³/mol. The number of benzene rings is 1. The van der Waals surface area contributed by atoms with Crippen molar-refractivity contribution >= 4 is 29.8 Å². The lowest BCUT2D eigenvalue weighted by atomic mass is 10.1. The molecule has 132 valence electrons. The number of nitrogens with one attached hydrogen (secondary N) is 2. The van der Waals surface area contributed by atoms with Crippen molar-refractivity contribution in [2.75, 3.05) is 32.5 Å². The number of aryl methyl sites for hydroxylation is 2. The summed E-state index contributed by atoms with van der Waals surface area (Å²) in [5.41, 5.74) is 2.34. The van der Waals surface area contributed by atoms with E-state index < -0.39 is 0 Å². The molecule has 0 spiro atoms. The van der Waals surface area contributed by atoms with Gasteiger partial charge in [0.05, 0.1) is 16.9 Å². The van der Waals surface area contributed by atoms with E-state index in [1.807, 2.05) is 58.4 Å². The molecule has 1 heterocycles. The molecule has 0 atom stereocenters. The number of hydrogen-bond donors (Lipinski definition) is 2. The number of aromatic nitrogens is 2. The lowest BCUT2D eigenvalue weighted by molar-refractivity contribution is 0.0953. The monoisotopic (exact) mass is 351 g/mol. The van der Waals surface area contributed by atoms with Gasteiger partial charge < -0.3 is 15.5 Å². The van der Waals surface area contributed by atoms with Crippen molar-refractivity contribution < 1.29 is 4.79 Å². The molecule has 2 N–H and O–H groups in total. The predicted octanol–water partition coefficient (Wildman–Crippen LogP) is 2.58. The molecule has 1 amide bonds. The van der Waals surface area contributed by atoms with Gasteiger partial charge >= 0.3 is 0 Å². The molecule has 2 aromatic rings. The fourth-order valence-corrected chi connectivity index (χ4v) is 2.35. The summed E-state index contributed by atoms with van der Waals surface area (Å²) in [6.07, 6.45) is 0.926. The highest BCUT2D eigenvalue weighted by molar-refractivity contribution is 6.00. The van der Waals surface area contributed by atoms with E-state index in [1.54, 1.807) is 4.68 Å². The van der Waals surface area contributed by atoms with Gasteiger partial charge in [0.15, 0.2) is 0 Å². The van der Waals surface area contributed by atoms with Crippen molar-refractivity contribution in [3.8, 4) is 0 Å². The van der Waals surface area contributed by atoms with E-state index in [-0.39, 0.29) is 18.3 Å². The van der Waals surface area contributed by atoms with Crippen LogP contribution < -0.4 is 10.6 Å². The summed E-state index contributed by atoms with van der Waals surface area (Å²) in [4.78, 5) is 14.5. The molecule has 0 aliphatic heterocycles. The fraction of sp³-hybridized carbons (Fsp3) is 0.412. The molecule has 0 fully saturated rings. The SMILES string of the molecule is Cc1cc(Nc2ccccc2C(=O)NCCCN(C)C)n(C)n1.Cl. The Morgan fingerprint density at radius 1 is 1.29 bits per heavy atom. The number of para-hydroxylation sites is 1. The largest absolute Gasteiger partial charge is 0.352 e. The van der Waals surface area contributed by atoms with Gasteiger partial charge in [-0.15, -0.1) is 12.4 Å². The van der Waals surface area contributed by atoms with Gasteiger partial charge in [-0.25, -0.2) is 0 Å². The molecule has 0 bridgehead atoms. The quantitative estimate of drug-likeness (QED) is 0.753. The van der Waals surface area contributed by atoms with Gasteiger partial charge in [0.2, 0.25) is 0 Å². The topological polar surface area (TPSA) is 62.2 Å². The van der Waals surface area contributed by atoms with Gasteiger partial charge in [0, 0.05) is 19.7 Å². The van der Waals surface area contributed by atoms with E-state index in [2.05, 4.69) is 20.6 Å². The molecule has 1 aromatic carbocycles. The lowest BCUT2D eigenvalue weighted by Crippen LogP contribution is -2.27. The summed E-state index contributed by atoms with van der Waals surface area (Å²) < 4.78 is 1.76. The molecule has 0 aliphatic rings. The highest BCUT2D eigenvalue weighted by atomic mass is 35.5. The Bertz CT molecular complexity index is 669. The summed E-state index contributed by atoms with van der Waals surface area (Å²) in [6.45, 7) is 3.55. The number of halogens is 1. The Labute approximate surface area is 149 Å². The number of rotatable bonds is 7. The Hall–Kier alpha value is -2.05. The number of carbonyl (C=O) groups is 1. The maximum Gasteiger partial charge on any atom is 0.253 e. The minimum absolute atomic E-state index is 0. The van der Waals surface area contributed by atoms with Crippen LogP contribution >= 0.6 is 12.4 Å². The van der Waals surface area contributed by atoms with Crippen molar-refractivity contribution in [1.82, 2.24) is 20.0 Å². The van der Waals surface area contributed by atoms with Crippen molar-refractivity contribution in [3.05, 3.63) is 41.6 Å². The summed E-state index contributed by atoms with van der Waals surface area (Å²) in [7, 11) is 5.92. The number of anilines is 2. The molecular formula is C17H26ClN5O. The second-order valence-electron chi connectivity index (χ2n) is 5.88. The normalized spacial score (nSPS) is 10.4. The molecule has 7 heteroatoms. The first kappa shape index (κ1) is 20.0. The fourth-order valence-electron chi connectivity index (χ4n) is 2.35. The second kappa shape index (κ2) is 9.30. The molecule has 0 unspecified atom stereocenters. The standard InChI is InChI=1S/C17H25N5O.ClH/c1-13-12-16(22(4)20-13)19-15-9-6-5-8-14(15)17(23)18-10-7-11-21(2)3;/h5-6,8-9,12,19H,7,10-11H2,1-4H3,(H,18,23);1H. The zero-order valence-corrected chi connectivity index (χ0v) is 15.5. The maximum absolute atomic E-state index is 12.4. The molecular weight excluding hydrogens is 326 g/mol. The maximum atomic E-state index is 12.4. The van der Waals surface area contributed by atoms with Gasteiger partial charge in [-0.05, 0) is 46.1 Å². The Balaban J connectivity index is 0.00000288. The van der Waals surface area contributed by atoms with Crippen LogP contribution in [-0.4, -0.2) is 47.8 Å². The Kier molecular flexibility index (Phi) is 7.74. The first-order valence-corrected chi connectivity index (χ1v) is 7.77. The smallest absolute Gasteiger partial charge is 0.253 e. The first-order chi connectivity index (χ1) is 11.0. The summed E-state index contributed by atoms with van der Waals surface area (Å²) in [5, 5.41) is 10.6. The van der Waals surface area contributed by atoms with Gasteiger partial charge in [0.1, 0.15) is 5.82 Å². The molecule has 0 saturated carbocycles. The lowest BCUT2D eigenvalue weighted by Gasteiger charge is -2.13. The molecule has 2 rings (SSSR count). The summed E-state index contributed by atoms with van der Waals surface area (Å²) in [6, 6.07) is 9.46. The highest BCUT2D eigenvalue weighted by Crippen LogP contribution is 2.21. The third-order valence-corrected chi connectivity index (χ3v) is 3.50. The van der Waals surface area contributed by atoms with Crippen LogP contribution in [0.1, 0.15) is 22.5 Å².